The van der Waals surface area contributed by atoms with Crippen LogP contribution in [0.5, 0.6) is 0 Å². The molecule has 0 aliphatic carbocycles. The summed E-state index contributed by atoms with van der Waals surface area (Å²) in [6, 6.07) is 0. The molecule has 0 heterocycles. The van der Waals surface area contributed by atoms with Gasteiger partial charge in [0.2, 0.25) is 5.91 Å². The highest BCUT2D eigenvalue weighted by Gasteiger charge is 2.37. The molecule has 0 aliphatic heterocycles. The molecule has 27 heavy (non-hydrogen) atoms. The van der Waals surface area contributed by atoms with Crippen molar-refractivity contribution in [1.82, 2.24) is 5.32 Å². The van der Waals surface area contributed by atoms with Crippen molar-refractivity contribution in [2.24, 2.45) is 0 Å². The highest BCUT2D eigenvalue weighted by molar-refractivity contribution is 5.89. The van der Waals surface area contributed by atoms with Crippen molar-refractivity contribution in [3.63, 3.8) is 0 Å². The molecule has 8 nitrogen and oxygen atoms in total. The molecule has 148 valence electrons. The topological polar surface area (TPSA) is 108 Å². The lowest BCUT2D eigenvalue weighted by Gasteiger charge is -2.32. The summed E-state index contributed by atoms with van der Waals surface area (Å²) in [5, 5.41) is 2.49. The van der Waals surface area contributed by atoms with Crippen molar-refractivity contribution >= 4 is 23.8 Å². The van der Waals surface area contributed by atoms with E-state index in [-0.39, 0.29) is 16.7 Å². The summed E-state index contributed by atoms with van der Waals surface area (Å²) in [4.78, 5) is 47.1. The van der Waals surface area contributed by atoms with E-state index in [9.17, 15) is 19.2 Å². The van der Waals surface area contributed by atoms with E-state index in [4.69, 9.17) is 14.2 Å². The smallest absolute Gasteiger partial charge is 0.333 e. The molecule has 0 unspecified atom stereocenters. The third-order valence-corrected chi connectivity index (χ3v) is 3.06. The van der Waals surface area contributed by atoms with Crippen LogP contribution in [0.1, 0.15) is 20.8 Å². The van der Waals surface area contributed by atoms with E-state index in [0.717, 1.165) is 6.08 Å². The molecule has 0 radical (unpaired) electrons. The molecule has 0 aromatic carbocycles. The minimum absolute atomic E-state index is 0.122. The molecule has 0 atom stereocenters. The van der Waals surface area contributed by atoms with E-state index in [2.05, 4.69) is 31.6 Å². The number of carbonyl (C=O) groups is 4. The highest BCUT2D eigenvalue weighted by atomic mass is 16.6. The summed E-state index contributed by atoms with van der Waals surface area (Å²) in [6.45, 7) is 16.7. The van der Waals surface area contributed by atoms with Crippen LogP contribution in [0.3, 0.4) is 0 Å². The Hall–Kier alpha value is -3.16. The number of amides is 1. The van der Waals surface area contributed by atoms with E-state index in [0.29, 0.717) is 0 Å². The first-order chi connectivity index (χ1) is 12.4. The molecule has 0 aromatic rings. The van der Waals surface area contributed by atoms with Gasteiger partial charge in [0, 0.05) is 16.7 Å². The maximum atomic E-state index is 11.9. The average molecular weight is 379 g/mol. The zero-order chi connectivity index (χ0) is 21.2. The number of hydrogen-bond acceptors (Lipinski definition) is 7. The summed E-state index contributed by atoms with van der Waals surface area (Å²) in [7, 11) is 0. The first kappa shape index (κ1) is 23.8. The molecule has 0 rings (SSSR count). The van der Waals surface area contributed by atoms with E-state index in [1.807, 2.05) is 0 Å². The van der Waals surface area contributed by atoms with Crippen molar-refractivity contribution in [3.8, 4) is 0 Å². The Morgan fingerprint density at radius 1 is 0.778 bits per heavy atom. The van der Waals surface area contributed by atoms with Crippen molar-refractivity contribution in [1.29, 1.82) is 0 Å². The second-order valence-corrected chi connectivity index (χ2v) is 6.04. The average Bonchev–Trinajstić information content (AvgIpc) is 2.61. The molecular weight excluding hydrogens is 354 g/mol. The van der Waals surface area contributed by atoms with Crippen LogP contribution in [0.2, 0.25) is 0 Å². The third-order valence-electron chi connectivity index (χ3n) is 3.06. The van der Waals surface area contributed by atoms with Gasteiger partial charge in [-0.3, -0.25) is 4.79 Å². The van der Waals surface area contributed by atoms with Crippen LogP contribution in [0.4, 0.5) is 0 Å². The maximum absolute atomic E-state index is 11.9. The fraction of sp³-hybridized carbons (Fsp3) is 0.368. The Bertz CT molecular complexity index is 601. The van der Waals surface area contributed by atoms with E-state index in [1.54, 1.807) is 0 Å². The second-order valence-electron chi connectivity index (χ2n) is 6.04. The first-order valence-corrected chi connectivity index (χ1v) is 7.86. The number of esters is 3. The third kappa shape index (κ3) is 8.66. The van der Waals surface area contributed by atoms with Gasteiger partial charge in [-0.15, -0.1) is 0 Å². The van der Waals surface area contributed by atoms with Gasteiger partial charge in [-0.05, 0) is 26.8 Å². The lowest BCUT2D eigenvalue weighted by Crippen LogP contribution is -2.59. The van der Waals surface area contributed by atoms with Gasteiger partial charge >= 0.3 is 17.9 Å². The van der Waals surface area contributed by atoms with Gasteiger partial charge in [0.15, 0.2) is 0 Å². The first-order valence-electron chi connectivity index (χ1n) is 7.86. The molecular formula is C19H25NO7. The summed E-state index contributed by atoms with van der Waals surface area (Å²) in [5.41, 5.74) is -1.18. The molecule has 0 aliphatic rings. The molecule has 1 amide bonds. The van der Waals surface area contributed by atoms with Crippen LogP contribution in [-0.4, -0.2) is 49.2 Å². The second kappa shape index (κ2) is 10.7. The monoisotopic (exact) mass is 379 g/mol. The zero-order valence-electron chi connectivity index (χ0n) is 15.9. The predicted molar refractivity (Wildman–Crippen MR) is 98.4 cm³/mol. The molecule has 0 spiro atoms. The fourth-order valence-electron chi connectivity index (χ4n) is 1.53. The lowest BCUT2D eigenvalue weighted by atomic mass is 10.0. The van der Waals surface area contributed by atoms with E-state index in [1.165, 1.54) is 20.8 Å². The molecule has 8 heteroatoms. The standard InChI is InChI=1S/C19H25NO7/c1-8-15(21)20-19(9-25-16(22)12(2)3,10-26-17(23)13(4)5)11-27-18(24)14(6)7/h8H,1-2,4,6,9-11H2,3,5,7H3,(H,20,21). The van der Waals surface area contributed by atoms with Crippen molar-refractivity contribution in [2.45, 2.75) is 26.3 Å². The van der Waals surface area contributed by atoms with Gasteiger partial charge < -0.3 is 19.5 Å². The van der Waals surface area contributed by atoms with Gasteiger partial charge in [-0.1, -0.05) is 26.3 Å². The molecule has 0 saturated heterocycles. The van der Waals surface area contributed by atoms with Crippen LogP contribution in [-0.2, 0) is 33.4 Å². The van der Waals surface area contributed by atoms with Crippen molar-refractivity contribution < 1.29 is 33.4 Å². The molecule has 0 saturated carbocycles. The largest absolute Gasteiger partial charge is 0.460 e. The summed E-state index contributed by atoms with van der Waals surface area (Å²) < 4.78 is 15.3. The minimum atomic E-state index is -1.55. The van der Waals surface area contributed by atoms with Crippen LogP contribution in [0.15, 0.2) is 49.1 Å². The maximum Gasteiger partial charge on any atom is 0.333 e. The molecule has 0 fully saturated rings. The van der Waals surface area contributed by atoms with Gasteiger partial charge in [-0.25, -0.2) is 14.4 Å². The summed E-state index contributed by atoms with van der Waals surface area (Å²) in [6.07, 6.45) is 0.969. The van der Waals surface area contributed by atoms with E-state index < -0.39 is 49.2 Å². The fourth-order valence-corrected chi connectivity index (χ4v) is 1.53. The Morgan fingerprint density at radius 2 is 1.07 bits per heavy atom. The normalized spacial score (nSPS) is 10.2. The van der Waals surface area contributed by atoms with Gasteiger partial charge in [0.1, 0.15) is 25.4 Å². The lowest BCUT2D eigenvalue weighted by molar-refractivity contribution is -0.154. The minimum Gasteiger partial charge on any atom is -0.460 e. The Kier molecular flexibility index (Phi) is 9.49. The number of nitrogens with one attached hydrogen (secondary N) is 1. The van der Waals surface area contributed by atoms with Gasteiger partial charge in [0.25, 0.3) is 0 Å². The Balaban J connectivity index is 5.62. The Labute approximate surface area is 158 Å². The zero-order valence-corrected chi connectivity index (χ0v) is 15.9. The van der Waals surface area contributed by atoms with Gasteiger partial charge in [-0.2, -0.15) is 0 Å². The molecule has 1 N–H and O–H groups in total. The summed E-state index contributed by atoms with van der Waals surface area (Å²) in [5.74, 6) is -2.85. The molecule has 0 aromatic heterocycles. The van der Waals surface area contributed by atoms with Crippen LogP contribution >= 0.6 is 0 Å². The van der Waals surface area contributed by atoms with Gasteiger partial charge in [0.05, 0.1) is 0 Å². The molecule has 0 bridgehead atoms. The summed E-state index contributed by atoms with van der Waals surface area (Å²) >= 11 is 0. The highest BCUT2D eigenvalue weighted by Crippen LogP contribution is 2.13. The van der Waals surface area contributed by atoms with Crippen molar-refractivity contribution in [3.05, 3.63) is 49.1 Å². The number of hydrogen-bond donors (Lipinski definition) is 1. The quantitative estimate of drug-likeness (QED) is 0.328. The van der Waals surface area contributed by atoms with Crippen molar-refractivity contribution in [2.75, 3.05) is 19.8 Å². The van der Waals surface area contributed by atoms with E-state index >= 15 is 0 Å². The predicted octanol–water partition coefficient (Wildman–Crippen LogP) is 1.39. The van der Waals surface area contributed by atoms with Crippen LogP contribution < -0.4 is 5.32 Å². The number of ether oxygens (including phenoxy) is 3. The van der Waals surface area contributed by atoms with Crippen LogP contribution in [0.25, 0.3) is 0 Å². The Morgan fingerprint density at radius 3 is 1.30 bits per heavy atom. The number of carbonyl (C=O) groups excluding carboxylic acids is 4. The SMILES string of the molecule is C=CC(=O)NC(COC(=O)C(=C)C)(COC(=O)C(=C)C)COC(=O)C(=C)C. The number of rotatable bonds is 11. The van der Waals surface area contributed by atoms with Crippen LogP contribution in [0, 0.1) is 0 Å².